The molecule has 0 saturated carbocycles. The average molecular weight is 289 g/mol. The van der Waals surface area contributed by atoms with Gasteiger partial charge in [-0.05, 0) is 18.6 Å². The molecule has 2 amide bonds. The van der Waals surface area contributed by atoms with Crippen molar-refractivity contribution in [2.24, 2.45) is 0 Å². The van der Waals surface area contributed by atoms with Crippen molar-refractivity contribution in [3.63, 3.8) is 0 Å². The minimum absolute atomic E-state index is 0.233. The van der Waals surface area contributed by atoms with Crippen molar-refractivity contribution in [2.45, 2.75) is 19.8 Å². The maximum Gasteiger partial charge on any atom is 0.233 e. The highest BCUT2D eigenvalue weighted by Gasteiger charge is 2.11. The van der Waals surface area contributed by atoms with Crippen LogP contribution in [0.5, 0.6) is 0 Å². The Hall–Kier alpha value is -1.26. The van der Waals surface area contributed by atoms with Crippen LogP contribution in [0.3, 0.4) is 0 Å². The van der Waals surface area contributed by atoms with E-state index in [0.29, 0.717) is 17.3 Å². The van der Waals surface area contributed by atoms with Gasteiger partial charge in [0, 0.05) is 6.54 Å². The summed E-state index contributed by atoms with van der Waals surface area (Å²) in [5.74, 6) is -0.736. The summed E-state index contributed by atoms with van der Waals surface area (Å²) in [4.78, 5) is 22.9. The lowest BCUT2D eigenvalue weighted by molar-refractivity contribution is -0.126. The number of amides is 2. The highest BCUT2D eigenvalue weighted by atomic mass is 35.5. The first-order valence-corrected chi connectivity index (χ1v) is 6.30. The molecule has 1 aromatic rings. The van der Waals surface area contributed by atoms with Crippen molar-refractivity contribution in [1.29, 1.82) is 0 Å². The molecule has 0 bridgehead atoms. The van der Waals surface area contributed by atoms with Crippen LogP contribution < -0.4 is 10.6 Å². The number of anilines is 1. The van der Waals surface area contributed by atoms with Gasteiger partial charge in [-0.1, -0.05) is 36.2 Å². The minimum atomic E-state index is -0.423. The zero-order valence-electron chi connectivity index (χ0n) is 9.93. The van der Waals surface area contributed by atoms with Gasteiger partial charge in [-0.15, -0.1) is 0 Å². The lowest BCUT2D eigenvalue weighted by Crippen LogP contribution is -2.28. The first-order chi connectivity index (χ1) is 8.54. The molecule has 0 aromatic heterocycles. The highest BCUT2D eigenvalue weighted by Crippen LogP contribution is 2.29. The van der Waals surface area contributed by atoms with E-state index >= 15 is 0 Å². The van der Waals surface area contributed by atoms with Gasteiger partial charge in [0.1, 0.15) is 6.42 Å². The van der Waals surface area contributed by atoms with Crippen molar-refractivity contribution >= 4 is 40.7 Å². The Labute approximate surface area is 116 Å². The number of carbonyl (C=O) groups is 2. The molecule has 0 aliphatic heterocycles. The largest absolute Gasteiger partial charge is 0.356 e. The lowest BCUT2D eigenvalue weighted by atomic mass is 10.3. The molecule has 2 N–H and O–H groups in total. The second kappa shape index (κ2) is 7.24. The monoisotopic (exact) mass is 288 g/mol. The second-order valence-corrected chi connectivity index (χ2v) is 4.46. The average Bonchev–Trinajstić information content (AvgIpc) is 2.32. The summed E-state index contributed by atoms with van der Waals surface area (Å²) >= 11 is 11.7. The Morgan fingerprint density at radius 3 is 2.61 bits per heavy atom. The zero-order chi connectivity index (χ0) is 13.5. The second-order valence-electron chi connectivity index (χ2n) is 3.68. The Balaban J connectivity index is 2.54. The van der Waals surface area contributed by atoms with E-state index in [1.165, 1.54) is 0 Å². The van der Waals surface area contributed by atoms with E-state index in [9.17, 15) is 9.59 Å². The Morgan fingerprint density at radius 2 is 1.94 bits per heavy atom. The first-order valence-electron chi connectivity index (χ1n) is 5.55. The Kier molecular flexibility index (Phi) is 5.95. The van der Waals surface area contributed by atoms with Crippen molar-refractivity contribution in [1.82, 2.24) is 5.32 Å². The summed E-state index contributed by atoms with van der Waals surface area (Å²) in [6.45, 7) is 2.50. The third kappa shape index (κ3) is 4.55. The third-order valence-corrected chi connectivity index (χ3v) is 2.94. The number of nitrogens with one attached hydrogen (secondary N) is 2. The molecule has 0 saturated heterocycles. The summed E-state index contributed by atoms with van der Waals surface area (Å²) in [7, 11) is 0. The number of hydrogen-bond donors (Lipinski definition) is 2. The number of hydrogen-bond acceptors (Lipinski definition) is 2. The molecule has 0 aliphatic rings. The fourth-order valence-corrected chi connectivity index (χ4v) is 1.62. The van der Waals surface area contributed by atoms with Crippen LogP contribution in [0.25, 0.3) is 0 Å². The standard InChI is InChI=1S/C12H14Cl2N2O2/c1-2-6-15-10(17)7-11(18)16-9-5-3-4-8(13)12(9)14/h3-5H,2,6-7H2,1H3,(H,15,17)(H,16,18). The summed E-state index contributed by atoms with van der Waals surface area (Å²) in [5, 5.41) is 5.78. The molecule has 0 heterocycles. The van der Waals surface area contributed by atoms with E-state index in [0.717, 1.165) is 6.42 Å². The number of carbonyl (C=O) groups excluding carboxylic acids is 2. The van der Waals surface area contributed by atoms with Gasteiger partial charge >= 0.3 is 0 Å². The van der Waals surface area contributed by atoms with Crippen LogP contribution in [-0.4, -0.2) is 18.4 Å². The maximum atomic E-state index is 11.6. The Bertz CT molecular complexity index is 450. The highest BCUT2D eigenvalue weighted by molar-refractivity contribution is 6.44. The van der Waals surface area contributed by atoms with Gasteiger partial charge in [-0.25, -0.2) is 0 Å². The topological polar surface area (TPSA) is 58.2 Å². The molecule has 0 fully saturated rings. The van der Waals surface area contributed by atoms with E-state index < -0.39 is 5.91 Å². The maximum absolute atomic E-state index is 11.6. The van der Waals surface area contributed by atoms with E-state index in [1.807, 2.05) is 6.92 Å². The quantitative estimate of drug-likeness (QED) is 0.819. The van der Waals surface area contributed by atoms with E-state index in [2.05, 4.69) is 10.6 Å². The van der Waals surface area contributed by atoms with Crippen LogP contribution in [0.15, 0.2) is 18.2 Å². The predicted octanol–water partition coefficient (Wildman–Crippen LogP) is 2.85. The van der Waals surface area contributed by atoms with Crippen LogP contribution in [-0.2, 0) is 9.59 Å². The van der Waals surface area contributed by atoms with Crippen LogP contribution in [0.1, 0.15) is 19.8 Å². The Morgan fingerprint density at radius 1 is 1.22 bits per heavy atom. The van der Waals surface area contributed by atoms with Gasteiger partial charge in [0.05, 0.1) is 15.7 Å². The molecule has 98 valence electrons. The molecule has 1 aromatic carbocycles. The predicted molar refractivity (Wildman–Crippen MR) is 73.0 cm³/mol. The molecule has 0 aliphatic carbocycles. The summed E-state index contributed by atoms with van der Waals surface area (Å²) in [6.07, 6.45) is 0.594. The fraction of sp³-hybridized carbons (Fsp3) is 0.333. The number of rotatable bonds is 5. The molecule has 1 rings (SSSR count). The van der Waals surface area contributed by atoms with Gasteiger partial charge in [0.2, 0.25) is 11.8 Å². The summed E-state index contributed by atoms with van der Waals surface area (Å²) in [5.41, 5.74) is 0.400. The van der Waals surface area contributed by atoms with Crippen LogP contribution in [0, 0.1) is 0 Å². The van der Waals surface area contributed by atoms with Gasteiger partial charge in [0.15, 0.2) is 0 Å². The molecule has 0 unspecified atom stereocenters. The smallest absolute Gasteiger partial charge is 0.233 e. The van der Waals surface area contributed by atoms with Crippen molar-refractivity contribution in [2.75, 3.05) is 11.9 Å². The van der Waals surface area contributed by atoms with Crippen molar-refractivity contribution < 1.29 is 9.59 Å². The summed E-state index contributed by atoms with van der Waals surface area (Å²) < 4.78 is 0. The van der Waals surface area contributed by atoms with Crippen molar-refractivity contribution in [3.8, 4) is 0 Å². The van der Waals surface area contributed by atoms with E-state index in [1.54, 1.807) is 18.2 Å². The number of benzene rings is 1. The van der Waals surface area contributed by atoms with Crippen LogP contribution >= 0.6 is 23.2 Å². The summed E-state index contributed by atoms with van der Waals surface area (Å²) in [6, 6.07) is 4.91. The van der Waals surface area contributed by atoms with Gasteiger partial charge < -0.3 is 10.6 Å². The third-order valence-electron chi connectivity index (χ3n) is 2.12. The molecule has 0 spiro atoms. The van der Waals surface area contributed by atoms with Gasteiger partial charge in [-0.3, -0.25) is 9.59 Å². The molecule has 0 radical (unpaired) electrons. The SMILES string of the molecule is CCCNC(=O)CC(=O)Nc1cccc(Cl)c1Cl. The van der Waals surface area contributed by atoms with Crippen molar-refractivity contribution in [3.05, 3.63) is 28.2 Å². The lowest BCUT2D eigenvalue weighted by Gasteiger charge is -2.08. The number of halogens is 2. The molecule has 6 heteroatoms. The van der Waals surface area contributed by atoms with Crippen LogP contribution in [0.4, 0.5) is 5.69 Å². The fourth-order valence-electron chi connectivity index (χ4n) is 1.27. The zero-order valence-corrected chi connectivity index (χ0v) is 11.4. The normalized spacial score (nSPS) is 9.94. The molecule has 0 atom stereocenters. The van der Waals surface area contributed by atoms with Gasteiger partial charge in [-0.2, -0.15) is 0 Å². The van der Waals surface area contributed by atoms with E-state index in [4.69, 9.17) is 23.2 Å². The molecule has 4 nitrogen and oxygen atoms in total. The first kappa shape index (κ1) is 14.8. The molecule has 18 heavy (non-hydrogen) atoms. The van der Waals surface area contributed by atoms with E-state index in [-0.39, 0.29) is 17.4 Å². The molecular weight excluding hydrogens is 275 g/mol. The van der Waals surface area contributed by atoms with Gasteiger partial charge in [0.25, 0.3) is 0 Å². The molecular formula is C12H14Cl2N2O2. The van der Waals surface area contributed by atoms with Crippen LogP contribution in [0.2, 0.25) is 10.0 Å². The minimum Gasteiger partial charge on any atom is -0.356 e.